The predicted molar refractivity (Wildman–Crippen MR) is 70.4 cm³/mol. The molecular formula is C13H16N2OS. The summed E-state index contributed by atoms with van der Waals surface area (Å²) in [5.41, 5.74) is 2.77. The largest absolute Gasteiger partial charge is 0.382 e. The maximum atomic E-state index is 11.2. The van der Waals surface area contributed by atoms with Crippen LogP contribution in [-0.4, -0.2) is 21.8 Å². The minimum Gasteiger partial charge on any atom is -0.382 e. The molecule has 0 amide bonds. The van der Waals surface area contributed by atoms with Crippen molar-refractivity contribution in [1.29, 1.82) is 5.26 Å². The number of benzene rings is 1. The number of aryl methyl sites for hydroxylation is 1. The fraction of sp³-hybridized carbons (Fsp3) is 0.462. The molecule has 0 saturated carbocycles. The second-order valence-corrected chi connectivity index (χ2v) is 6.10. The van der Waals surface area contributed by atoms with E-state index in [-0.39, 0.29) is 0 Å². The number of nitrogens with zero attached hydrogens (tertiary/aromatic N) is 1. The number of hydrogen-bond acceptors (Lipinski definition) is 3. The van der Waals surface area contributed by atoms with Gasteiger partial charge in [0.25, 0.3) is 0 Å². The zero-order valence-electron chi connectivity index (χ0n) is 9.90. The van der Waals surface area contributed by atoms with Gasteiger partial charge in [-0.1, -0.05) is 0 Å². The van der Waals surface area contributed by atoms with E-state index in [4.69, 9.17) is 5.26 Å². The normalized spacial score (nSPS) is 24.0. The van der Waals surface area contributed by atoms with Crippen molar-refractivity contribution in [2.24, 2.45) is 0 Å². The average molecular weight is 248 g/mol. The van der Waals surface area contributed by atoms with E-state index in [1.165, 1.54) is 0 Å². The van der Waals surface area contributed by atoms with Crippen molar-refractivity contribution in [2.75, 3.05) is 16.8 Å². The van der Waals surface area contributed by atoms with E-state index in [0.29, 0.717) is 6.04 Å². The van der Waals surface area contributed by atoms with Crippen molar-refractivity contribution in [2.45, 2.75) is 25.8 Å². The van der Waals surface area contributed by atoms with E-state index in [0.717, 1.165) is 41.2 Å². The van der Waals surface area contributed by atoms with Crippen LogP contribution in [-0.2, 0) is 10.8 Å². The van der Waals surface area contributed by atoms with Crippen molar-refractivity contribution in [3.8, 4) is 6.07 Å². The van der Waals surface area contributed by atoms with E-state index in [9.17, 15) is 4.21 Å². The van der Waals surface area contributed by atoms with Gasteiger partial charge in [0, 0.05) is 34.0 Å². The van der Waals surface area contributed by atoms with Crippen LogP contribution in [0.25, 0.3) is 0 Å². The Labute approximate surface area is 104 Å². The highest BCUT2D eigenvalue weighted by Crippen LogP contribution is 2.19. The molecule has 2 rings (SSSR count). The molecule has 0 atom stereocenters. The van der Waals surface area contributed by atoms with Crippen LogP contribution in [0.4, 0.5) is 5.69 Å². The van der Waals surface area contributed by atoms with Gasteiger partial charge in [0.2, 0.25) is 0 Å². The monoisotopic (exact) mass is 248 g/mol. The molecule has 1 fully saturated rings. The van der Waals surface area contributed by atoms with Gasteiger partial charge in [-0.15, -0.1) is 0 Å². The molecule has 1 heterocycles. The number of nitriles is 1. The number of rotatable bonds is 2. The van der Waals surface area contributed by atoms with Crippen molar-refractivity contribution < 1.29 is 4.21 Å². The fourth-order valence-electron chi connectivity index (χ4n) is 2.05. The third-order valence-electron chi connectivity index (χ3n) is 3.11. The Morgan fingerprint density at radius 1 is 1.41 bits per heavy atom. The van der Waals surface area contributed by atoms with Gasteiger partial charge in [0.05, 0.1) is 11.6 Å². The molecule has 0 unspecified atom stereocenters. The Hall–Kier alpha value is -1.34. The second kappa shape index (κ2) is 5.33. The summed E-state index contributed by atoms with van der Waals surface area (Å²) >= 11 is 0. The fourth-order valence-corrected chi connectivity index (χ4v) is 3.35. The molecule has 1 N–H and O–H groups in total. The molecule has 1 aromatic carbocycles. The Balaban J connectivity index is 2.02. The van der Waals surface area contributed by atoms with Crippen LogP contribution in [0.2, 0.25) is 0 Å². The zero-order valence-corrected chi connectivity index (χ0v) is 10.7. The van der Waals surface area contributed by atoms with E-state index >= 15 is 0 Å². The summed E-state index contributed by atoms with van der Waals surface area (Å²) in [4.78, 5) is 0. The first kappa shape index (κ1) is 12.1. The Morgan fingerprint density at radius 3 is 2.71 bits per heavy atom. The van der Waals surface area contributed by atoms with Gasteiger partial charge in [-0.2, -0.15) is 5.26 Å². The van der Waals surface area contributed by atoms with Crippen molar-refractivity contribution in [1.82, 2.24) is 0 Å². The third-order valence-corrected chi connectivity index (χ3v) is 4.49. The molecule has 1 aromatic rings. The van der Waals surface area contributed by atoms with E-state index in [1.807, 2.05) is 25.1 Å². The molecule has 4 heteroatoms. The first-order valence-electron chi connectivity index (χ1n) is 5.81. The highest BCUT2D eigenvalue weighted by molar-refractivity contribution is 7.85. The smallest absolute Gasteiger partial charge is 0.0994 e. The highest BCUT2D eigenvalue weighted by atomic mass is 32.2. The van der Waals surface area contributed by atoms with Gasteiger partial charge in [-0.25, -0.2) is 0 Å². The summed E-state index contributed by atoms with van der Waals surface area (Å²) in [6.07, 6.45) is 1.93. The predicted octanol–water partition coefficient (Wildman–Crippen LogP) is 2.19. The standard InChI is InChI=1S/C13H16N2OS/c1-10-8-13(3-2-11(10)9-14)15-12-4-6-17(16)7-5-12/h2-3,8,12,15H,4-7H2,1H3. The van der Waals surface area contributed by atoms with E-state index in [1.54, 1.807) is 0 Å². The lowest BCUT2D eigenvalue weighted by atomic mass is 10.1. The molecule has 0 aromatic heterocycles. The number of hydrogen-bond donors (Lipinski definition) is 1. The van der Waals surface area contributed by atoms with Gasteiger partial charge in [-0.05, 0) is 43.5 Å². The summed E-state index contributed by atoms with van der Waals surface area (Å²) in [6.45, 7) is 1.94. The number of anilines is 1. The van der Waals surface area contributed by atoms with Gasteiger partial charge >= 0.3 is 0 Å². The van der Waals surface area contributed by atoms with E-state index in [2.05, 4.69) is 11.4 Å². The van der Waals surface area contributed by atoms with Crippen LogP contribution in [0.1, 0.15) is 24.0 Å². The first-order valence-corrected chi connectivity index (χ1v) is 7.30. The van der Waals surface area contributed by atoms with E-state index < -0.39 is 10.8 Å². The van der Waals surface area contributed by atoms with Gasteiger partial charge in [-0.3, -0.25) is 4.21 Å². The van der Waals surface area contributed by atoms with Crippen LogP contribution in [0, 0.1) is 18.3 Å². The van der Waals surface area contributed by atoms with Gasteiger partial charge < -0.3 is 5.32 Å². The van der Waals surface area contributed by atoms with Gasteiger partial charge in [0.15, 0.2) is 0 Å². The summed E-state index contributed by atoms with van der Waals surface area (Å²) in [5, 5.41) is 12.3. The van der Waals surface area contributed by atoms with Crippen molar-refractivity contribution in [3.63, 3.8) is 0 Å². The van der Waals surface area contributed by atoms with Crippen LogP contribution >= 0.6 is 0 Å². The van der Waals surface area contributed by atoms with Gasteiger partial charge in [0.1, 0.15) is 0 Å². The third kappa shape index (κ3) is 3.07. The maximum Gasteiger partial charge on any atom is 0.0994 e. The lowest BCUT2D eigenvalue weighted by molar-refractivity contribution is 0.624. The Kier molecular flexibility index (Phi) is 3.80. The molecule has 0 bridgehead atoms. The topological polar surface area (TPSA) is 52.9 Å². The van der Waals surface area contributed by atoms with Crippen LogP contribution in [0.5, 0.6) is 0 Å². The Bertz CT molecular complexity index is 469. The number of nitrogens with one attached hydrogen (secondary N) is 1. The van der Waals surface area contributed by atoms with Crippen LogP contribution in [0.15, 0.2) is 18.2 Å². The molecule has 0 aliphatic carbocycles. The second-order valence-electron chi connectivity index (χ2n) is 4.41. The molecule has 0 radical (unpaired) electrons. The van der Waals surface area contributed by atoms with Crippen LogP contribution in [0.3, 0.4) is 0 Å². The highest BCUT2D eigenvalue weighted by Gasteiger charge is 2.17. The zero-order chi connectivity index (χ0) is 12.3. The lowest BCUT2D eigenvalue weighted by Gasteiger charge is -2.23. The first-order chi connectivity index (χ1) is 8.19. The molecule has 1 saturated heterocycles. The van der Waals surface area contributed by atoms with Crippen molar-refractivity contribution in [3.05, 3.63) is 29.3 Å². The maximum absolute atomic E-state index is 11.2. The minimum absolute atomic E-state index is 0.417. The molecular weight excluding hydrogens is 232 g/mol. The Morgan fingerprint density at radius 2 is 2.12 bits per heavy atom. The SMILES string of the molecule is Cc1cc(NC2CCS(=O)CC2)ccc1C#N. The van der Waals surface area contributed by atoms with Crippen molar-refractivity contribution >= 4 is 16.5 Å². The summed E-state index contributed by atoms with van der Waals surface area (Å²) in [7, 11) is -0.611. The lowest BCUT2D eigenvalue weighted by Crippen LogP contribution is -2.29. The molecule has 90 valence electrons. The summed E-state index contributed by atoms with van der Waals surface area (Å²) < 4.78 is 11.2. The minimum atomic E-state index is -0.611. The summed E-state index contributed by atoms with van der Waals surface area (Å²) in [5.74, 6) is 1.60. The molecule has 3 nitrogen and oxygen atoms in total. The quantitative estimate of drug-likeness (QED) is 0.873. The molecule has 17 heavy (non-hydrogen) atoms. The molecule has 1 aliphatic rings. The van der Waals surface area contributed by atoms with Crippen LogP contribution < -0.4 is 5.32 Å². The summed E-state index contributed by atoms with van der Waals surface area (Å²) in [6, 6.07) is 8.37. The average Bonchev–Trinajstić information content (AvgIpc) is 2.32. The molecule has 0 spiro atoms. The molecule has 1 aliphatic heterocycles.